The average Bonchev–Trinajstić information content (AvgIpc) is 2.98. The third-order valence-electron chi connectivity index (χ3n) is 3.49. The fourth-order valence-electron chi connectivity index (χ4n) is 2.18. The summed E-state index contributed by atoms with van der Waals surface area (Å²) in [5, 5.41) is 8.33. The Morgan fingerprint density at radius 3 is 2.33 bits per heavy atom. The SMILES string of the molecule is Cc1nc(-c2ccc(NC(=O)Nc3ccc(C)c(F)c3)cc2)cs1. The average molecular weight is 341 g/mol. The number of urea groups is 1. The molecule has 0 aliphatic rings. The Morgan fingerprint density at radius 2 is 1.71 bits per heavy atom. The number of benzene rings is 2. The van der Waals surface area contributed by atoms with E-state index < -0.39 is 6.03 Å². The van der Waals surface area contributed by atoms with Crippen LogP contribution in [0.3, 0.4) is 0 Å². The van der Waals surface area contributed by atoms with E-state index in [0.29, 0.717) is 16.9 Å². The topological polar surface area (TPSA) is 54.0 Å². The van der Waals surface area contributed by atoms with Crippen LogP contribution in [0.2, 0.25) is 0 Å². The van der Waals surface area contributed by atoms with E-state index in [-0.39, 0.29) is 5.82 Å². The van der Waals surface area contributed by atoms with E-state index >= 15 is 0 Å². The number of nitrogens with zero attached hydrogens (tertiary/aromatic N) is 1. The minimum atomic E-state index is -0.421. The van der Waals surface area contributed by atoms with Crippen LogP contribution < -0.4 is 10.6 Å². The number of halogens is 1. The molecule has 0 atom stereocenters. The number of aromatic nitrogens is 1. The van der Waals surface area contributed by atoms with Crippen LogP contribution in [-0.4, -0.2) is 11.0 Å². The first-order chi connectivity index (χ1) is 11.5. The van der Waals surface area contributed by atoms with E-state index in [9.17, 15) is 9.18 Å². The second-order valence-electron chi connectivity index (χ2n) is 5.37. The fraction of sp³-hybridized carbons (Fsp3) is 0.111. The normalized spacial score (nSPS) is 10.5. The molecule has 0 aliphatic heterocycles. The summed E-state index contributed by atoms with van der Waals surface area (Å²) in [4.78, 5) is 16.4. The molecule has 1 heterocycles. The van der Waals surface area contributed by atoms with Crippen molar-refractivity contribution < 1.29 is 9.18 Å². The van der Waals surface area contributed by atoms with Gasteiger partial charge in [-0.15, -0.1) is 11.3 Å². The van der Waals surface area contributed by atoms with Crippen molar-refractivity contribution >= 4 is 28.7 Å². The van der Waals surface area contributed by atoms with E-state index in [1.54, 1.807) is 42.5 Å². The number of carbonyl (C=O) groups excluding carboxylic acids is 1. The molecule has 0 radical (unpaired) electrons. The number of amides is 2. The highest BCUT2D eigenvalue weighted by molar-refractivity contribution is 7.09. The van der Waals surface area contributed by atoms with E-state index in [1.807, 2.05) is 24.4 Å². The van der Waals surface area contributed by atoms with Crippen LogP contribution >= 0.6 is 11.3 Å². The smallest absolute Gasteiger partial charge is 0.308 e. The Labute approximate surface area is 143 Å². The fourth-order valence-corrected chi connectivity index (χ4v) is 2.81. The highest BCUT2D eigenvalue weighted by Gasteiger charge is 2.06. The second kappa shape index (κ2) is 6.80. The third kappa shape index (κ3) is 3.78. The highest BCUT2D eigenvalue weighted by Crippen LogP contribution is 2.23. The Kier molecular flexibility index (Phi) is 4.57. The lowest BCUT2D eigenvalue weighted by molar-refractivity contribution is 0.262. The number of hydrogen-bond acceptors (Lipinski definition) is 3. The summed E-state index contributed by atoms with van der Waals surface area (Å²) in [5.74, 6) is -0.351. The zero-order valence-electron chi connectivity index (χ0n) is 13.3. The minimum Gasteiger partial charge on any atom is -0.308 e. The van der Waals surface area contributed by atoms with Gasteiger partial charge in [-0.25, -0.2) is 14.2 Å². The van der Waals surface area contributed by atoms with Crippen LogP contribution in [0.4, 0.5) is 20.6 Å². The molecule has 122 valence electrons. The summed E-state index contributed by atoms with van der Waals surface area (Å²) in [6.07, 6.45) is 0. The van der Waals surface area contributed by atoms with Crippen LogP contribution in [0.25, 0.3) is 11.3 Å². The van der Waals surface area contributed by atoms with Gasteiger partial charge in [-0.2, -0.15) is 0 Å². The predicted octanol–water partition coefficient (Wildman–Crippen LogP) is 5.21. The Balaban J connectivity index is 1.65. The molecule has 0 unspecified atom stereocenters. The standard InChI is InChI=1S/C18H16FN3OS/c1-11-3-6-15(9-16(11)19)22-18(23)21-14-7-4-13(5-8-14)17-10-24-12(2)20-17/h3-10H,1-2H3,(H2,21,22,23). The summed E-state index contributed by atoms with van der Waals surface area (Å²) >= 11 is 1.60. The van der Waals surface area contributed by atoms with Gasteiger partial charge in [0.1, 0.15) is 5.82 Å². The summed E-state index contributed by atoms with van der Waals surface area (Å²) in [5.41, 5.74) is 3.50. The lowest BCUT2D eigenvalue weighted by Crippen LogP contribution is -2.19. The van der Waals surface area contributed by atoms with Gasteiger partial charge in [-0.05, 0) is 43.7 Å². The maximum Gasteiger partial charge on any atom is 0.323 e. The molecule has 0 spiro atoms. The van der Waals surface area contributed by atoms with Gasteiger partial charge in [0.15, 0.2) is 0 Å². The van der Waals surface area contributed by atoms with Crippen molar-refractivity contribution in [1.29, 1.82) is 0 Å². The zero-order valence-corrected chi connectivity index (χ0v) is 14.1. The molecule has 0 bridgehead atoms. The molecular formula is C18H16FN3OS. The number of nitrogens with one attached hydrogen (secondary N) is 2. The van der Waals surface area contributed by atoms with Crippen LogP contribution in [0.1, 0.15) is 10.6 Å². The van der Waals surface area contributed by atoms with Crippen LogP contribution in [0.5, 0.6) is 0 Å². The number of carbonyl (C=O) groups is 1. The Morgan fingerprint density at radius 1 is 1.04 bits per heavy atom. The number of hydrogen-bond donors (Lipinski definition) is 2. The quantitative estimate of drug-likeness (QED) is 0.687. The molecule has 4 nitrogen and oxygen atoms in total. The number of aryl methyl sites for hydroxylation is 2. The Bertz CT molecular complexity index is 874. The van der Waals surface area contributed by atoms with E-state index in [1.165, 1.54) is 6.07 Å². The van der Waals surface area contributed by atoms with Gasteiger partial charge >= 0.3 is 6.03 Å². The van der Waals surface area contributed by atoms with E-state index in [4.69, 9.17) is 0 Å². The molecule has 3 aromatic rings. The van der Waals surface area contributed by atoms with Crippen LogP contribution in [-0.2, 0) is 0 Å². The first-order valence-electron chi connectivity index (χ1n) is 7.38. The predicted molar refractivity (Wildman–Crippen MR) is 96.1 cm³/mol. The maximum absolute atomic E-state index is 13.5. The molecule has 2 amide bonds. The largest absolute Gasteiger partial charge is 0.323 e. The lowest BCUT2D eigenvalue weighted by atomic mass is 10.1. The van der Waals surface area contributed by atoms with Crippen molar-refractivity contribution in [2.24, 2.45) is 0 Å². The van der Waals surface area contributed by atoms with Gasteiger partial charge < -0.3 is 10.6 Å². The molecule has 1 aromatic heterocycles. The van der Waals surface area contributed by atoms with Gasteiger partial charge in [0, 0.05) is 22.3 Å². The number of thiazole rings is 1. The second-order valence-corrected chi connectivity index (χ2v) is 6.43. The summed E-state index contributed by atoms with van der Waals surface area (Å²) < 4.78 is 13.5. The van der Waals surface area contributed by atoms with Crippen molar-refractivity contribution in [2.75, 3.05) is 10.6 Å². The van der Waals surface area contributed by atoms with Crippen molar-refractivity contribution in [2.45, 2.75) is 13.8 Å². The van der Waals surface area contributed by atoms with Crippen molar-refractivity contribution in [3.05, 3.63) is 64.2 Å². The molecule has 0 aliphatic carbocycles. The molecule has 3 rings (SSSR count). The Hall–Kier alpha value is -2.73. The molecule has 0 saturated carbocycles. The lowest BCUT2D eigenvalue weighted by Gasteiger charge is -2.09. The molecule has 0 saturated heterocycles. The van der Waals surface area contributed by atoms with Gasteiger partial charge in [0.2, 0.25) is 0 Å². The summed E-state index contributed by atoms with van der Waals surface area (Å²) in [6, 6.07) is 11.6. The number of anilines is 2. The summed E-state index contributed by atoms with van der Waals surface area (Å²) in [7, 11) is 0. The first-order valence-corrected chi connectivity index (χ1v) is 8.26. The first kappa shape index (κ1) is 16.1. The van der Waals surface area contributed by atoms with Crippen LogP contribution in [0, 0.1) is 19.7 Å². The highest BCUT2D eigenvalue weighted by atomic mass is 32.1. The van der Waals surface area contributed by atoms with Crippen molar-refractivity contribution in [1.82, 2.24) is 4.98 Å². The monoisotopic (exact) mass is 341 g/mol. The summed E-state index contributed by atoms with van der Waals surface area (Å²) in [6.45, 7) is 3.63. The number of rotatable bonds is 3. The van der Waals surface area contributed by atoms with Crippen LogP contribution in [0.15, 0.2) is 47.8 Å². The van der Waals surface area contributed by atoms with Gasteiger partial charge in [-0.3, -0.25) is 0 Å². The molecule has 24 heavy (non-hydrogen) atoms. The van der Waals surface area contributed by atoms with Gasteiger partial charge in [0.25, 0.3) is 0 Å². The van der Waals surface area contributed by atoms with Crippen molar-refractivity contribution in [3.8, 4) is 11.3 Å². The third-order valence-corrected chi connectivity index (χ3v) is 4.26. The maximum atomic E-state index is 13.5. The minimum absolute atomic E-state index is 0.351. The van der Waals surface area contributed by atoms with E-state index in [0.717, 1.165) is 16.3 Å². The molecule has 2 aromatic carbocycles. The van der Waals surface area contributed by atoms with E-state index in [2.05, 4.69) is 15.6 Å². The van der Waals surface area contributed by atoms with Crippen molar-refractivity contribution in [3.63, 3.8) is 0 Å². The molecule has 0 fully saturated rings. The molecule has 2 N–H and O–H groups in total. The van der Waals surface area contributed by atoms with Gasteiger partial charge in [-0.1, -0.05) is 18.2 Å². The van der Waals surface area contributed by atoms with Gasteiger partial charge in [0.05, 0.1) is 10.7 Å². The molecule has 6 heteroatoms. The zero-order chi connectivity index (χ0) is 17.1. The molecular weight excluding hydrogens is 325 g/mol.